The Labute approximate surface area is 224 Å². The Morgan fingerprint density at radius 3 is 1.41 bits per heavy atom. The van der Waals surface area contributed by atoms with Gasteiger partial charge in [0.25, 0.3) is 0 Å². The van der Waals surface area contributed by atoms with Crippen LogP contribution >= 0.6 is 0 Å². The molecule has 0 aromatic rings. The smallest absolute Gasteiger partial charge is 0.549 e. The molecule has 2 amide bonds. The molecule has 0 aromatic heterocycles. The molecule has 0 bridgehead atoms. The molecule has 0 fully saturated rings. The van der Waals surface area contributed by atoms with Crippen molar-refractivity contribution in [3.05, 3.63) is 0 Å². The van der Waals surface area contributed by atoms with Crippen molar-refractivity contribution < 1.29 is 68.9 Å². The van der Waals surface area contributed by atoms with Gasteiger partial charge in [-0.1, -0.05) is 13.8 Å². The van der Waals surface area contributed by atoms with Gasteiger partial charge in [-0.2, -0.15) is 0 Å². The van der Waals surface area contributed by atoms with Crippen LogP contribution in [-0.2, 0) is 23.9 Å². The standard InChI is InChI=1S/C20H41N5O6.Gd/c1-5-23(15-18(26)21-7-13-30-3)9-11-25(17-20(28)29)12-10-24(6-2)16-19(27)22-8-14-31-4;/h5-17H2,1-4H3,(H,21,26)(H,22,27)(H,28,29);/q;+3/p-1. The van der Waals surface area contributed by atoms with Gasteiger partial charge in [0, 0.05) is 60.0 Å². The average molecular weight is 604 g/mol. The molecule has 0 heterocycles. The minimum Gasteiger partial charge on any atom is -0.549 e. The molecule has 0 rings (SSSR count). The van der Waals surface area contributed by atoms with Crippen molar-refractivity contribution in [1.82, 2.24) is 25.3 Å². The summed E-state index contributed by atoms with van der Waals surface area (Å²) in [6.07, 6.45) is 0. The molecule has 12 heteroatoms. The van der Waals surface area contributed by atoms with Gasteiger partial charge in [0.2, 0.25) is 11.8 Å². The van der Waals surface area contributed by atoms with Crippen LogP contribution in [0.3, 0.4) is 0 Å². The van der Waals surface area contributed by atoms with Gasteiger partial charge in [0.05, 0.1) is 32.3 Å². The van der Waals surface area contributed by atoms with Crippen molar-refractivity contribution in [1.29, 1.82) is 0 Å². The first-order valence-corrected chi connectivity index (χ1v) is 10.7. The molecule has 0 atom stereocenters. The number of aliphatic carboxylic acids is 1. The van der Waals surface area contributed by atoms with Gasteiger partial charge in [-0.05, 0) is 13.1 Å². The Balaban J connectivity index is 0. The minimum absolute atomic E-state index is 0. The molecule has 11 nitrogen and oxygen atoms in total. The number of methoxy groups -OCH3 is 2. The Hall–Kier alpha value is -0.465. The quantitative estimate of drug-likeness (QED) is 0.142. The summed E-state index contributed by atoms with van der Waals surface area (Å²) in [5.74, 6) is -1.34. The van der Waals surface area contributed by atoms with Crippen LogP contribution in [0.1, 0.15) is 13.8 Å². The van der Waals surface area contributed by atoms with Gasteiger partial charge in [0.1, 0.15) is 0 Å². The molecule has 0 aliphatic rings. The predicted molar refractivity (Wildman–Crippen MR) is 115 cm³/mol. The van der Waals surface area contributed by atoms with E-state index in [4.69, 9.17) is 9.47 Å². The molecule has 0 aliphatic heterocycles. The predicted octanol–water partition coefficient (Wildman–Crippen LogP) is -2.79. The third kappa shape index (κ3) is 19.0. The largest absolute Gasteiger partial charge is 3.00 e. The molecule has 32 heavy (non-hydrogen) atoms. The number of carboxylic acid groups (broad SMARTS) is 1. The van der Waals surface area contributed by atoms with Gasteiger partial charge >= 0.3 is 39.9 Å². The number of carboxylic acids is 1. The number of likely N-dealkylation sites (N-methyl/N-ethyl adjacent to an activating group) is 2. The zero-order valence-electron chi connectivity index (χ0n) is 19.8. The SMILES string of the molecule is CCN(CCN(CCN(CC)CC(=O)NCCOC)CC(=O)[O-])CC(=O)NCCOC.[Gd+3]. The van der Waals surface area contributed by atoms with Crippen LogP contribution in [0.2, 0.25) is 0 Å². The van der Waals surface area contributed by atoms with E-state index in [2.05, 4.69) is 10.6 Å². The molecule has 187 valence electrons. The maximum Gasteiger partial charge on any atom is 3.00 e. The summed E-state index contributed by atoms with van der Waals surface area (Å²) in [6.45, 7) is 9.37. The second-order valence-corrected chi connectivity index (χ2v) is 7.07. The second-order valence-electron chi connectivity index (χ2n) is 7.07. The van der Waals surface area contributed by atoms with Crippen LogP contribution in [0.15, 0.2) is 0 Å². The summed E-state index contributed by atoms with van der Waals surface area (Å²) in [6, 6.07) is 0. The fraction of sp³-hybridized carbons (Fsp3) is 0.850. The first kappa shape index (κ1) is 33.7. The second kappa shape index (κ2) is 22.3. The molecule has 0 spiro atoms. The summed E-state index contributed by atoms with van der Waals surface area (Å²) < 4.78 is 9.82. The van der Waals surface area contributed by atoms with Crippen molar-refractivity contribution in [2.45, 2.75) is 13.8 Å². The Bertz CT molecular complexity index is 479. The molecular weight excluding hydrogens is 563 g/mol. The average Bonchev–Trinajstić information content (AvgIpc) is 2.73. The third-order valence-corrected chi connectivity index (χ3v) is 4.70. The van der Waals surface area contributed by atoms with E-state index in [0.29, 0.717) is 65.6 Å². The summed E-state index contributed by atoms with van der Waals surface area (Å²) in [5, 5.41) is 16.7. The van der Waals surface area contributed by atoms with E-state index in [1.54, 1.807) is 19.1 Å². The zero-order valence-corrected chi connectivity index (χ0v) is 22.1. The van der Waals surface area contributed by atoms with Crippen molar-refractivity contribution in [2.24, 2.45) is 0 Å². The number of ether oxygens (including phenoxy) is 2. The summed E-state index contributed by atoms with van der Waals surface area (Å²) >= 11 is 0. The summed E-state index contributed by atoms with van der Waals surface area (Å²) in [7, 11) is 3.15. The monoisotopic (exact) mass is 604 g/mol. The summed E-state index contributed by atoms with van der Waals surface area (Å²) in [4.78, 5) is 40.8. The van der Waals surface area contributed by atoms with E-state index < -0.39 is 5.97 Å². The van der Waals surface area contributed by atoms with Crippen molar-refractivity contribution >= 4 is 17.8 Å². The Morgan fingerprint density at radius 1 is 0.719 bits per heavy atom. The molecule has 0 saturated carbocycles. The van der Waals surface area contributed by atoms with Crippen LogP contribution in [0.4, 0.5) is 0 Å². The number of rotatable bonds is 20. The van der Waals surface area contributed by atoms with Crippen LogP contribution in [0.25, 0.3) is 0 Å². The van der Waals surface area contributed by atoms with E-state index >= 15 is 0 Å². The van der Waals surface area contributed by atoms with Crippen molar-refractivity contribution in [3.8, 4) is 0 Å². The number of nitrogens with one attached hydrogen (secondary N) is 2. The van der Waals surface area contributed by atoms with Gasteiger partial charge < -0.3 is 30.0 Å². The molecular formula is C20H40GdN5O6+2. The van der Waals surface area contributed by atoms with E-state index in [9.17, 15) is 19.5 Å². The fourth-order valence-corrected chi connectivity index (χ4v) is 2.82. The number of hydrogen-bond donors (Lipinski definition) is 2. The summed E-state index contributed by atoms with van der Waals surface area (Å²) in [5.41, 5.74) is 0. The number of nitrogens with zero attached hydrogens (tertiary/aromatic N) is 3. The van der Waals surface area contributed by atoms with E-state index in [-0.39, 0.29) is 71.4 Å². The molecule has 0 aromatic carbocycles. The van der Waals surface area contributed by atoms with Crippen LogP contribution in [0.5, 0.6) is 0 Å². The topological polar surface area (TPSA) is 127 Å². The Kier molecular flexibility index (Phi) is 23.5. The first-order valence-electron chi connectivity index (χ1n) is 10.7. The molecule has 2 N–H and O–H groups in total. The van der Waals surface area contributed by atoms with E-state index in [1.165, 1.54) is 0 Å². The van der Waals surface area contributed by atoms with Gasteiger partial charge in [-0.25, -0.2) is 0 Å². The molecule has 0 aliphatic carbocycles. The Morgan fingerprint density at radius 2 is 1.09 bits per heavy atom. The number of amides is 2. The van der Waals surface area contributed by atoms with Crippen LogP contribution < -0.4 is 15.7 Å². The third-order valence-electron chi connectivity index (χ3n) is 4.70. The fourth-order valence-electron chi connectivity index (χ4n) is 2.82. The van der Waals surface area contributed by atoms with Crippen LogP contribution in [-0.4, -0.2) is 132 Å². The maximum absolute atomic E-state index is 12.0. The number of carbonyl (C=O) groups is 3. The number of hydrogen-bond acceptors (Lipinski definition) is 9. The normalized spacial score (nSPS) is 11.0. The van der Waals surface area contributed by atoms with E-state index in [1.807, 2.05) is 23.6 Å². The minimum atomic E-state index is -1.15. The molecule has 1 radical (unpaired) electrons. The van der Waals surface area contributed by atoms with E-state index in [0.717, 1.165) is 0 Å². The molecule has 0 saturated heterocycles. The maximum atomic E-state index is 12.0. The first-order chi connectivity index (χ1) is 14.9. The molecule has 0 unspecified atom stereocenters. The van der Waals surface area contributed by atoms with Crippen LogP contribution in [0, 0.1) is 39.9 Å². The van der Waals surface area contributed by atoms with Gasteiger partial charge in [-0.3, -0.25) is 24.3 Å². The number of carbonyl (C=O) groups excluding carboxylic acids is 3. The van der Waals surface area contributed by atoms with Gasteiger partial charge in [0.15, 0.2) is 0 Å². The van der Waals surface area contributed by atoms with Crippen molar-refractivity contribution in [2.75, 3.05) is 99.4 Å². The van der Waals surface area contributed by atoms with Crippen molar-refractivity contribution in [3.63, 3.8) is 0 Å². The van der Waals surface area contributed by atoms with Gasteiger partial charge in [-0.15, -0.1) is 0 Å². The zero-order chi connectivity index (χ0) is 23.5.